The lowest BCUT2D eigenvalue weighted by molar-refractivity contribution is 0.127. The van der Waals surface area contributed by atoms with Crippen LogP contribution in [0.5, 0.6) is 0 Å². The topological polar surface area (TPSA) is 45.4 Å². The highest BCUT2D eigenvalue weighted by atomic mass is 32.2. The molecule has 2 N–H and O–H groups in total. The summed E-state index contributed by atoms with van der Waals surface area (Å²) in [6.45, 7) is 1.95. The zero-order valence-electron chi connectivity index (χ0n) is 11.1. The Kier molecular flexibility index (Phi) is 5.15. The molecule has 4 heteroatoms. The third-order valence-electron chi connectivity index (χ3n) is 3.80. The molecule has 2 rings (SSSR count). The van der Waals surface area contributed by atoms with E-state index < -0.39 is 0 Å². The monoisotopic (exact) mass is 269 g/mol. The summed E-state index contributed by atoms with van der Waals surface area (Å²) in [6.07, 6.45) is 6.87. The van der Waals surface area contributed by atoms with Crippen molar-refractivity contribution in [2.75, 3.05) is 19.4 Å². The first-order chi connectivity index (χ1) is 8.78. The van der Waals surface area contributed by atoms with Crippen LogP contribution >= 0.6 is 11.8 Å². The first kappa shape index (κ1) is 14.0. The molecule has 0 amide bonds. The molecule has 0 aliphatic heterocycles. The van der Waals surface area contributed by atoms with E-state index in [2.05, 4.69) is 11.6 Å². The summed E-state index contributed by atoms with van der Waals surface area (Å²) in [5.74, 6) is 2.96. The molecule has 1 fully saturated rings. The summed E-state index contributed by atoms with van der Waals surface area (Å²) in [5.41, 5.74) is 0.120. The summed E-state index contributed by atoms with van der Waals surface area (Å²) in [4.78, 5) is 0. The molecule has 0 spiro atoms. The Hall–Kier alpha value is -0.450. The van der Waals surface area contributed by atoms with Gasteiger partial charge in [-0.15, -0.1) is 0 Å². The summed E-state index contributed by atoms with van der Waals surface area (Å²) in [6, 6.07) is 4.09. The van der Waals surface area contributed by atoms with Crippen molar-refractivity contribution in [2.45, 2.75) is 38.0 Å². The van der Waals surface area contributed by atoms with E-state index in [1.165, 1.54) is 12.8 Å². The minimum Gasteiger partial charge on any atom is -0.464 e. The Bertz CT molecular complexity index is 358. The number of thioether (sulfide) groups is 1. The molecule has 3 nitrogen and oxygen atoms in total. The molecule has 0 radical (unpaired) electrons. The van der Waals surface area contributed by atoms with Gasteiger partial charge in [0.1, 0.15) is 11.5 Å². The van der Waals surface area contributed by atoms with Crippen LogP contribution in [0.15, 0.2) is 16.5 Å². The Morgan fingerprint density at radius 2 is 2.06 bits per heavy atom. The number of aliphatic hydroxyl groups excluding tert-OH is 1. The van der Waals surface area contributed by atoms with Crippen LogP contribution in [-0.2, 0) is 12.3 Å². The number of furan rings is 1. The van der Waals surface area contributed by atoms with Gasteiger partial charge in [0.15, 0.2) is 0 Å². The lowest BCUT2D eigenvalue weighted by Crippen LogP contribution is -2.34. The van der Waals surface area contributed by atoms with E-state index in [4.69, 9.17) is 4.42 Å². The second-order valence-corrected chi connectivity index (χ2v) is 6.14. The zero-order chi connectivity index (χ0) is 12.8. The molecule has 1 heterocycles. The second kappa shape index (κ2) is 6.64. The molecule has 1 aromatic heterocycles. The predicted octanol–water partition coefficient (Wildman–Crippen LogP) is 2.78. The van der Waals surface area contributed by atoms with Crippen LogP contribution in [-0.4, -0.2) is 24.5 Å². The standard InChI is InChI=1S/C14H23NO2S/c1-18-9-13-5-4-12(17-13)8-15-10-14(11-16)6-2-3-7-14/h4-5,15-16H,2-3,6-11H2,1H3. The number of aliphatic hydroxyl groups is 1. The van der Waals surface area contributed by atoms with Gasteiger partial charge in [0.05, 0.1) is 12.3 Å². The molecule has 0 atom stereocenters. The van der Waals surface area contributed by atoms with Gasteiger partial charge in [-0.25, -0.2) is 0 Å². The highest BCUT2D eigenvalue weighted by molar-refractivity contribution is 7.97. The molecule has 0 saturated heterocycles. The van der Waals surface area contributed by atoms with Crippen molar-refractivity contribution in [3.63, 3.8) is 0 Å². The Balaban J connectivity index is 1.76. The van der Waals surface area contributed by atoms with Gasteiger partial charge in [-0.05, 0) is 31.2 Å². The largest absolute Gasteiger partial charge is 0.464 e. The van der Waals surface area contributed by atoms with Crippen molar-refractivity contribution < 1.29 is 9.52 Å². The van der Waals surface area contributed by atoms with Crippen molar-refractivity contribution in [3.8, 4) is 0 Å². The maximum Gasteiger partial charge on any atom is 0.118 e. The smallest absolute Gasteiger partial charge is 0.118 e. The van der Waals surface area contributed by atoms with Gasteiger partial charge < -0.3 is 14.8 Å². The van der Waals surface area contributed by atoms with E-state index >= 15 is 0 Å². The summed E-state index contributed by atoms with van der Waals surface area (Å²) in [7, 11) is 0. The van der Waals surface area contributed by atoms with Crippen LogP contribution in [0.3, 0.4) is 0 Å². The van der Waals surface area contributed by atoms with Crippen molar-refractivity contribution in [1.29, 1.82) is 0 Å². The fourth-order valence-corrected chi connectivity index (χ4v) is 3.14. The summed E-state index contributed by atoms with van der Waals surface area (Å²) in [5, 5.41) is 13.0. The van der Waals surface area contributed by atoms with Crippen molar-refractivity contribution in [1.82, 2.24) is 5.32 Å². The van der Waals surface area contributed by atoms with Gasteiger partial charge >= 0.3 is 0 Å². The van der Waals surface area contributed by atoms with Gasteiger partial charge in [-0.1, -0.05) is 12.8 Å². The summed E-state index contributed by atoms with van der Waals surface area (Å²) < 4.78 is 5.71. The normalized spacial score (nSPS) is 18.3. The van der Waals surface area contributed by atoms with Crippen molar-refractivity contribution in [3.05, 3.63) is 23.7 Å². The van der Waals surface area contributed by atoms with E-state index in [9.17, 15) is 5.11 Å². The molecule has 18 heavy (non-hydrogen) atoms. The van der Waals surface area contributed by atoms with Crippen LogP contribution in [0.1, 0.15) is 37.2 Å². The molecular formula is C14H23NO2S. The third-order valence-corrected chi connectivity index (χ3v) is 4.38. The number of hydrogen-bond donors (Lipinski definition) is 2. The van der Waals surface area contributed by atoms with E-state index in [1.54, 1.807) is 11.8 Å². The highest BCUT2D eigenvalue weighted by Gasteiger charge is 2.32. The van der Waals surface area contributed by atoms with Crippen LogP contribution in [0.25, 0.3) is 0 Å². The van der Waals surface area contributed by atoms with Gasteiger partial charge in [-0.3, -0.25) is 0 Å². The number of nitrogens with one attached hydrogen (secondary N) is 1. The zero-order valence-corrected chi connectivity index (χ0v) is 11.9. The van der Waals surface area contributed by atoms with Gasteiger partial charge in [0.2, 0.25) is 0 Å². The van der Waals surface area contributed by atoms with E-state index in [-0.39, 0.29) is 5.41 Å². The molecule has 1 aliphatic rings. The second-order valence-electron chi connectivity index (χ2n) is 5.27. The van der Waals surface area contributed by atoms with E-state index in [0.717, 1.165) is 43.2 Å². The first-order valence-electron chi connectivity index (χ1n) is 6.66. The van der Waals surface area contributed by atoms with E-state index in [1.807, 2.05) is 12.1 Å². The third kappa shape index (κ3) is 3.53. The van der Waals surface area contributed by atoms with Crippen LogP contribution in [0.4, 0.5) is 0 Å². The predicted molar refractivity (Wildman–Crippen MR) is 75.6 cm³/mol. The molecule has 102 valence electrons. The lowest BCUT2D eigenvalue weighted by Gasteiger charge is -2.26. The fourth-order valence-electron chi connectivity index (χ4n) is 2.70. The summed E-state index contributed by atoms with van der Waals surface area (Å²) >= 11 is 1.77. The van der Waals surface area contributed by atoms with Gasteiger partial charge in [0, 0.05) is 18.6 Å². The SMILES string of the molecule is CSCc1ccc(CNCC2(CO)CCCC2)o1. The highest BCUT2D eigenvalue weighted by Crippen LogP contribution is 2.36. The number of hydrogen-bond acceptors (Lipinski definition) is 4. The quantitative estimate of drug-likeness (QED) is 0.799. The Morgan fingerprint density at radius 1 is 1.33 bits per heavy atom. The maximum atomic E-state index is 9.52. The molecule has 1 aliphatic carbocycles. The molecule has 1 saturated carbocycles. The molecule has 0 unspecified atom stereocenters. The molecule has 0 bridgehead atoms. The number of rotatable bonds is 7. The first-order valence-corrected chi connectivity index (χ1v) is 8.05. The van der Waals surface area contributed by atoms with E-state index in [0.29, 0.717) is 6.61 Å². The van der Waals surface area contributed by atoms with Gasteiger partial charge in [0.25, 0.3) is 0 Å². The minimum atomic E-state index is 0.120. The molecular weight excluding hydrogens is 246 g/mol. The fraction of sp³-hybridized carbons (Fsp3) is 0.714. The maximum absolute atomic E-state index is 9.52. The van der Waals surface area contributed by atoms with Crippen LogP contribution in [0.2, 0.25) is 0 Å². The Labute approximate surface area is 113 Å². The van der Waals surface area contributed by atoms with Crippen LogP contribution in [0, 0.1) is 5.41 Å². The Morgan fingerprint density at radius 3 is 2.72 bits per heavy atom. The van der Waals surface area contributed by atoms with Crippen molar-refractivity contribution >= 4 is 11.8 Å². The van der Waals surface area contributed by atoms with Crippen LogP contribution < -0.4 is 5.32 Å². The molecule has 0 aromatic carbocycles. The molecule has 1 aromatic rings. The van der Waals surface area contributed by atoms with Crippen molar-refractivity contribution in [2.24, 2.45) is 5.41 Å². The average Bonchev–Trinajstić information content (AvgIpc) is 3.00. The minimum absolute atomic E-state index is 0.120. The average molecular weight is 269 g/mol. The lowest BCUT2D eigenvalue weighted by atomic mass is 9.87. The van der Waals surface area contributed by atoms with Gasteiger partial charge in [-0.2, -0.15) is 11.8 Å².